The number of benzene rings is 2. The van der Waals surface area contributed by atoms with Crippen LogP contribution in [-0.4, -0.2) is 49.8 Å². The van der Waals surface area contributed by atoms with Gasteiger partial charge in [-0.1, -0.05) is 12.1 Å². The van der Waals surface area contributed by atoms with Crippen LogP contribution in [0.15, 0.2) is 47.4 Å². The number of carbonyl (C=O) groups is 2. The third kappa shape index (κ3) is 7.45. The quantitative estimate of drug-likeness (QED) is 0.552. The van der Waals surface area contributed by atoms with Crippen molar-refractivity contribution in [2.75, 3.05) is 22.7 Å². The number of carboxylic acids is 2. The SMILES string of the molecule is CCN(CC)c1ccc(NS(=O)(=O)c2cccc(C)c2)cc1C(=O)O.O=C(O)C(F)(F)F. The number of nitrogens with zero attached hydrogens (tertiary/aromatic N) is 1. The molecule has 32 heavy (non-hydrogen) atoms. The number of aryl methyl sites for hydroxylation is 1. The second kappa shape index (κ2) is 10.8. The molecule has 12 heteroatoms. The average molecular weight is 476 g/mol. The first-order valence-electron chi connectivity index (χ1n) is 9.24. The number of hydrogen-bond acceptors (Lipinski definition) is 5. The number of aromatic carboxylic acids is 1. The van der Waals surface area contributed by atoms with Crippen LogP contribution < -0.4 is 9.62 Å². The minimum Gasteiger partial charge on any atom is -0.478 e. The molecule has 0 aromatic heterocycles. The lowest BCUT2D eigenvalue weighted by Gasteiger charge is -2.23. The van der Waals surface area contributed by atoms with Crippen LogP contribution in [0, 0.1) is 6.92 Å². The minimum absolute atomic E-state index is 0.0631. The first-order valence-corrected chi connectivity index (χ1v) is 10.7. The van der Waals surface area contributed by atoms with Gasteiger partial charge in [0.05, 0.1) is 16.1 Å². The second-order valence-corrected chi connectivity index (χ2v) is 8.12. The van der Waals surface area contributed by atoms with E-state index in [4.69, 9.17) is 9.90 Å². The molecule has 0 amide bonds. The van der Waals surface area contributed by atoms with Gasteiger partial charge in [-0.3, -0.25) is 4.72 Å². The van der Waals surface area contributed by atoms with Crippen LogP contribution in [0.5, 0.6) is 0 Å². The number of aliphatic carboxylic acids is 1. The first kappa shape index (κ1) is 26.8. The fourth-order valence-electron chi connectivity index (χ4n) is 2.61. The van der Waals surface area contributed by atoms with E-state index in [0.29, 0.717) is 18.8 Å². The number of halogens is 3. The zero-order valence-electron chi connectivity index (χ0n) is 17.5. The Morgan fingerprint density at radius 2 is 1.59 bits per heavy atom. The Morgan fingerprint density at radius 3 is 2.03 bits per heavy atom. The summed E-state index contributed by atoms with van der Waals surface area (Å²) in [5.41, 5.74) is 1.67. The van der Waals surface area contributed by atoms with Crippen molar-refractivity contribution in [1.82, 2.24) is 0 Å². The predicted molar refractivity (Wildman–Crippen MR) is 113 cm³/mol. The zero-order valence-corrected chi connectivity index (χ0v) is 18.3. The Bertz CT molecular complexity index is 1070. The van der Waals surface area contributed by atoms with E-state index in [-0.39, 0.29) is 16.1 Å². The molecule has 3 N–H and O–H groups in total. The molecule has 0 bridgehead atoms. The van der Waals surface area contributed by atoms with Crippen LogP contribution in [0.1, 0.15) is 29.8 Å². The third-order valence-electron chi connectivity index (χ3n) is 4.13. The molecule has 0 radical (unpaired) electrons. The maximum Gasteiger partial charge on any atom is 0.490 e. The Morgan fingerprint density at radius 1 is 1.03 bits per heavy atom. The van der Waals surface area contributed by atoms with Gasteiger partial charge in [-0.25, -0.2) is 18.0 Å². The molecule has 0 atom stereocenters. The van der Waals surface area contributed by atoms with E-state index in [0.717, 1.165) is 5.56 Å². The highest BCUT2D eigenvalue weighted by Gasteiger charge is 2.38. The highest BCUT2D eigenvalue weighted by atomic mass is 32.2. The highest BCUT2D eigenvalue weighted by molar-refractivity contribution is 7.92. The summed E-state index contributed by atoms with van der Waals surface area (Å²) >= 11 is 0. The molecule has 176 valence electrons. The lowest BCUT2D eigenvalue weighted by Crippen LogP contribution is -2.24. The van der Waals surface area contributed by atoms with Gasteiger partial charge in [0.1, 0.15) is 0 Å². The molecule has 2 aromatic carbocycles. The standard InChI is InChI=1S/C18H22N2O4S.C2HF3O2/c1-4-20(5-2)17-10-9-14(12-16(17)18(21)22)19-25(23,24)15-8-6-7-13(3)11-15;3-2(4,5)1(6)7/h6-12,19H,4-5H2,1-3H3,(H,21,22);(H,6,7). The highest BCUT2D eigenvalue weighted by Crippen LogP contribution is 2.26. The molecule has 0 aliphatic carbocycles. The number of anilines is 2. The minimum atomic E-state index is -5.08. The Kier molecular flexibility index (Phi) is 9.07. The fourth-order valence-corrected chi connectivity index (χ4v) is 3.76. The number of alkyl halides is 3. The van der Waals surface area contributed by atoms with Crippen molar-refractivity contribution in [3.8, 4) is 0 Å². The summed E-state index contributed by atoms with van der Waals surface area (Å²) in [4.78, 5) is 22.5. The van der Waals surface area contributed by atoms with Crippen LogP contribution in [0.25, 0.3) is 0 Å². The summed E-state index contributed by atoms with van der Waals surface area (Å²) in [6, 6.07) is 11.1. The van der Waals surface area contributed by atoms with E-state index in [1.807, 2.05) is 18.7 Å². The van der Waals surface area contributed by atoms with Crippen LogP contribution in [0.2, 0.25) is 0 Å². The van der Waals surface area contributed by atoms with Gasteiger partial charge in [-0.05, 0) is 56.7 Å². The number of sulfonamides is 1. The van der Waals surface area contributed by atoms with E-state index >= 15 is 0 Å². The largest absolute Gasteiger partial charge is 0.490 e. The normalized spacial score (nSPS) is 11.2. The van der Waals surface area contributed by atoms with Crippen molar-refractivity contribution < 1.29 is 41.4 Å². The van der Waals surface area contributed by atoms with Gasteiger partial charge in [0.25, 0.3) is 10.0 Å². The lowest BCUT2D eigenvalue weighted by molar-refractivity contribution is -0.192. The van der Waals surface area contributed by atoms with Crippen LogP contribution >= 0.6 is 0 Å². The van der Waals surface area contributed by atoms with Gasteiger partial charge in [-0.15, -0.1) is 0 Å². The summed E-state index contributed by atoms with van der Waals surface area (Å²) in [6.07, 6.45) is -5.08. The molecule has 0 unspecified atom stereocenters. The maximum absolute atomic E-state index is 12.5. The molecule has 0 saturated carbocycles. The molecule has 0 spiro atoms. The summed E-state index contributed by atoms with van der Waals surface area (Å²) in [6.45, 7) is 6.99. The molecule has 0 aliphatic rings. The second-order valence-electron chi connectivity index (χ2n) is 6.43. The molecule has 0 fully saturated rings. The van der Waals surface area contributed by atoms with Crippen LogP contribution in [-0.2, 0) is 14.8 Å². The van der Waals surface area contributed by atoms with Gasteiger partial charge in [-0.2, -0.15) is 13.2 Å². The van der Waals surface area contributed by atoms with Crippen molar-refractivity contribution >= 4 is 33.3 Å². The summed E-state index contributed by atoms with van der Waals surface area (Å²) in [5, 5.41) is 16.6. The van der Waals surface area contributed by atoms with E-state index in [2.05, 4.69) is 4.72 Å². The molecule has 0 saturated heterocycles. The molecular formula is C20H23F3N2O6S. The predicted octanol–water partition coefficient (Wildman–Crippen LogP) is 3.97. The Hall–Kier alpha value is -3.28. The van der Waals surface area contributed by atoms with Gasteiger partial charge < -0.3 is 15.1 Å². The van der Waals surface area contributed by atoms with Gasteiger partial charge in [0, 0.05) is 18.8 Å². The topological polar surface area (TPSA) is 124 Å². The summed E-state index contributed by atoms with van der Waals surface area (Å²) in [7, 11) is -3.78. The van der Waals surface area contributed by atoms with Gasteiger partial charge in [0.15, 0.2) is 0 Å². The van der Waals surface area contributed by atoms with Crippen molar-refractivity contribution in [1.29, 1.82) is 0 Å². The molecule has 2 aromatic rings. The van der Waals surface area contributed by atoms with Crippen molar-refractivity contribution in [3.05, 3.63) is 53.6 Å². The monoisotopic (exact) mass is 476 g/mol. The van der Waals surface area contributed by atoms with E-state index in [1.165, 1.54) is 12.1 Å². The number of hydrogen-bond donors (Lipinski definition) is 3. The van der Waals surface area contributed by atoms with E-state index in [9.17, 15) is 31.5 Å². The number of carboxylic acid groups (broad SMARTS) is 2. The third-order valence-corrected chi connectivity index (χ3v) is 5.50. The summed E-state index contributed by atoms with van der Waals surface area (Å²) < 4.78 is 59.2. The molecule has 0 aliphatic heterocycles. The van der Waals surface area contributed by atoms with Crippen molar-refractivity contribution in [3.63, 3.8) is 0 Å². The molecule has 2 rings (SSSR count). The number of rotatable bonds is 7. The summed E-state index contributed by atoms with van der Waals surface area (Å²) in [5.74, 6) is -3.86. The van der Waals surface area contributed by atoms with E-state index < -0.39 is 28.1 Å². The van der Waals surface area contributed by atoms with Crippen LogP contribution in [0.3, 0.4) is 0 Å². The maximum atomic E-state index is 12.5. The fraction of sp³-hybridized carbons (Fsp3) is 0.300. The molecule has 0 heterocycles. The Balaban J connectivity index is 0.000000633. The van der Waals surface area contributed by atoms with Crippen LogP contribution in [0.4, 0.5) is 24.5 Å². The number of nitrogens with one attached hydrogen (secondary N) is 1. The zero-order chi connectivity index (χ0) is 24.7. The van der Waals surface area contributed by atoms with Crippen molar-refractivity contribution in [2.45, 2.75) is 31.8 Å². The van der Waals surface area contributed by atoms with Gasteiger partial charge >= 0.3 is 18.1 Å². The van der Waals surface area contributed by atoms with Crippen molar-refractivity contribution in [2.24, 2.45) is 0 Å². The Labute approximate surface area is 183 Å². The van der Waals surface area contributed by atoms with Gasteiger partial charge in [0.2, 0.25) is 0 Å². The molecule has 8 nitrogen and oxygen atoms in total. The first-order chi connectivity index (χ1) is 14.7. The average Bonchev–Trinajstić information content (AvgIpc) is 2.69. The van der Waals surface area contributed by atoms with E-state index in [1.54, 1.807) is 37.3 Å². The smallest absolute Gasteiger partial charge is 0.478 e. The molecular weight excluding hydrogens is 453 g/mol. The lowest BCUT2D eigenvalue weighted by atomic mass is 10.1.